The summed E-state index contributed by atoms with van der Waals surface area (Å²) in [6, 6.07) is 2.77. The number of ether oxygens (including phenoxy) is 1. The van der Waals surface area contributed by atoms with Gasteiger partial charge in [-0.05, 0) is 19.1 Å². The molecule has 0 aliphatic carbocycles. The molecular formula is C15H15N5O3. The van der Waals surface area contributed by atoms with Crippen molar-refractivity contribution in [3.05, 3.63) is 24.2 Å². The summed E-state index contributed by atoms with van der Waals surface area (Å²) in [7, 11) is 0. The second kappa shape index (κ2) is 6.46. The molecule has 1 aliphatic heterocycles. The van der Waals surface area contributed by atoms with Crippen LogP contribution in [0.5, 0.6) is 0 Å². The molecule has 1 fully saturated rings. The average molecular weight is 313 g/mol. The first-order chi connectivity index (χ1) is 11.2. The molecule has 1 N–H and O–H groups in total. The molecule has 0 radical (unpaired) electrons. The molecule has 23 heavy (non-hydrogen) atoms. The Kier molecular flexibility index (Phi) is 4.21. The number of urea groups is 1. The van der Waals surface area contributed by atoms with Crippen molar-refractivity contribution in [3.63, 3.8) is 0 Å². The molecule has 1 aliphatic rings. The quantitative estimate of drug-likeness (QED) is 0.840. The molecule has 2 aromatic heterocycles. The van der Waals surface area contributed by atoms with Crippen molar-refractivity contribution >= 4 is 11.7 Å². The zero-order valence-electron chi connectivity index (χ0n) is 12.5. The van der Waals surface area contributed by atoms with E-state index in [-0.39, 0.29) is 12.1 Å². The summed E-state index contributed by atoms with van der Waals surface area (Å²) in [5, 5.41) is 6.48. The summed E-state index contributed by atoms with van der Waals surface area (Å²) in [6.45, 7) is 3.00. The highest BCUT2D eigenvalue weighted by Gasteiger charge is 2.25. The SMILES string of the molecule is C#CC1COCCN1C(=O)Nc1ccc(-c2nc(C)no2)nc1. The smallest absolute Gasteiger partial charge is 0.323 e. The van der Waals surface area contributed by atoms with Crippen LogP contribution in [0.25, 0.3) is 11.6 Å². The van der Waals surface area contributed by atoms with E-state index in [2.05, 4.69) is 26.4 Å². The summed E-state index contributed by atoms with van der Waals surface area (Å²) in [4.78, 5) is 22.2. The molecule has 8 nitrogen and oxygen atoms in total. The van der Waals surface area contributed by atoms with Crippen LogP contribution in [0.2, 0.25) is 0 Å². The topological polar surface area (TPSA) is 93.4 Å². The monoisotopic (exact) mass is 313 g/mol. The van der Waals surface area contributed by atoms with E-state index in [0.717, 1.165) is 0 Å². The van der Waals surface area contributed by atoms with E-state index in [9.17, 15) is 4.79 Å². The van der Waals surface area contributed by atoms with Gasteiger partial charge in [0.05, 0.1) is 25.1 Å². The zero-order chi connectivity index (χ0) is 16.2. The maximum Gasteiger partial charge on any atom is 0.323 e. The van der Waals surface area contributed by atoms with Crippen LogP contribution in [0.1, 0.15) is 5.82 Å². The molecule has 1 saturated heterocycles. The number of nitrogens with one attached hydrogen (secondary N) is 1. The van der Waals surface area contributed by atoms with Crippen molar-refractivity contribution < 1.29 is 14.1 Å². The number of aromatic nitrogens is 3. The second-order valence-electron chi connectivity index (χ2n) is 4.96. The third-order valence-corrected chi connectivity index (χ3v) is 3.34. The highest BCUT2D eigenvalue weighted by molar-refractivity contribution is 5.89. The van der Waals surface area contributed by atoms with Crippen molar-refractivity contribution in [2.45, 2.75) is 13.0 Å². The largest absolute Gasteiger partial charge is 0.376 e. The first-order valence-corrected chi connectivity index (χ1v) is 7.05. The molecule has 1 unspecified atom stereocenters. The fourth-order valence-electron chi connectivity index (χ4n) is 2.18. The number of nitrogens with zero attached hydrogens (tertiary/aromatic N) is 4. The van der Waals surface area contributed by atoms with Gasteiger partial charge in [-0.1, -0.05) is 11.1 Å². The number of morpholine rings is 1. The summed E-state index contributed by atoms with van der Waals surface area (Å²) >= 11 is 0. The van der Waals surface area contributed by atoms with Crippen LogP contribution in [0.3, 0.4) is 0 Å². The van der Waals surface area contributed by atoms with Crippen LogP contribution in [0.4, 0.5) is 10.5 Å². The Hall–Kier alpha value is -2.92. The Morgan fingerprint density at radius 2 is 2.39 bits per heavy atom. The molecule has 118 valence electrons. The van der Waals surface area contributed by atoms with Gasteiger partial charge < -0.3 is 19.5 Å². The van der Waals surface area contributed by atoms with Gasteiger partial charge in [0.2, 0.25) is 0 Å². The van der Waals surface area contributed by atoms with Crippen molar-refractivity contribution in [1.82, 2.24) is 20.0 Å². The number of hydrogen-bond donors (Lipinski definition) is 1. The lowest BCUT2D eigenvalue weighted by Gasteiger charge is -2.32. The van der Waals surface area contributed by atoms with Crippen molar-refractivity contribution in [1.29, 1.82) is 0 Å². The van der Waals surface area contributed by atoms with E-state index < -0.39 is 0 Å². The van der Waals surface area contributed by atoms with Gasteiger partial charge in [0.15, 0.2) is 5.82 Å². The lowest BCUT2D eigenvalue weighted by Crippen LogP contribution is -2.49. The van der Waals surface area contributed by atoms with E-state index in [1.165, 1.54) is 6.20 Å². The molecule has 3 heterocycles. The lowest BCUT2D eigenvalue weighted by atomic mass is 10.2. The van der Waals surface area contributed by atoms with E-state index in [1.54, 1.807) is 24.0 Å². The third-order valence-electron chi connectivity index (χ3n) is 3.34. The van der Waals surface area contributed by atoms with Gasteiger partial charge in [-0.3, -0.25) is 0 Å². The second-order valence-corrected chi connectivity index (χ2v) is 4.96. The number of anilines is 1. The van der Waals surface area contributed by atoms with Crippen LogP contribution in [-0.4, -0.2) is 51.9 Å². The van der Waals surface area contributed by atoms with Gasteiger partial charge in [0.25, 0.3) is 5.89 Å². The predicted molar refractivity (Wildman–Crippen MR) is 81.4 cm³/mol. The normalized spacial score (nSPS) is 17.6. The minimum absolute atomic E-state index is 0.278. The molecule has 2 amide bonds. The van der Waals surface area contributed by atoms with Gasteiger partial charge >= 0.3 is 6.03 Å². The Morgan fingerprint density at radius 1 is 1.52 bits per heavy atom. The highest BCUT2D eigenvalue weighted by Crippen LogP contribution is 2.17. The average Bonchev–Trinajstić information content (AvgIpc) is 3.02. The molecule has 2 aromatic rings. The van der Waals surface area contributed by atoms with Crippen LogP contribution in [-0.2, 0) is 4.74 Å². The Labute approximate surface area is 132 Å². The van der Waals surface area contributed by atoms with Gasteiger partial charge in [0.1, 0.15) is 11.7 Å². The van der Waals surface area contributed by atoms with Crippen LogP contribution in [0.15, 0.2) is 22.9 Å². The molecule has 0 spiro atoms. The maximum atomic E-state index is 12.3. The number of pyridine rings is 1. The van der Waals surface area contributed by atoms with E-state index in [0.29, 0.717) is 42.9 Å². The lowest BCUT2D eigenvalue weighted by molar-refractivity contribution is 0.0348. The Balaban J connectivity index is 1.68. The first kappa shape index (κ1) is 15.0. The minimum atomic E-state index is -0.364. The predicted octanol–water partition coefficient (Wildman–Crippen LogP) is 1.31. The van der Waals surface area contributed by atoms with Gasteiger partial charge in [-0.15, -0.1) is 6.42 Å². The molecule has 0 aromatic carbocycles. The molecule has 8 heteroatoms. The number of amides is 2. The molecule has 3 rings (SSSR count). The van der Waals surface area contributed by atoms with Crippen LogP contribution < -0.4 is 5.32 Å². The third kappa shape index (κ3) is 3.30. The van der Waals surface area contributed by atoms with E-state index in [1.807, 2.05) is 0 Å². The molecule has 0 bridgehead atoms. The molecule has 1 atom stereocenters. The summed E-state index contributed by atoms with van der Waals surface area (Å²) in [5.74, 6) is 3.42. The van der Waals surface area contributed by atoms with Gasteiger partial charge in [0, 0.05) is 6.54 Å². The van der Waals surface area contributed by atoms with E-state index in [4.69, 9.17) is 15.7 Å². The number of terminal acetylenes is 1. The standard InChI is InChI=1S/C15H15N5O3/c1-3-12-9-22-7-6-20(12)15(21)18-11-4-5-13(16-8-11)14-17-10(2)19-23-14/h1,4-5,8,12H,6-7,9H2,2H3,(H,18,21). The number of rotatable bonds is 2. The summed E-state index contributed by atoms with van der Waals surface area (Å²) in [6.07, 6.45) is 6.95. The number of aryl methyl sites for hydroxylation is 1. The number of carbonyl (C=O) groups is 1. The van der Waals surface area contributed by atoms with Crippen LogP contribution in [0, 0.1) is 19.3 Å². The van der Waals surface area contributed by atoms with Gasteiger partial charge in [-0.25, -0.2) is 9.78 Å². The minimum Gasteiger partial charge on any atom is -0.376 e. The summed E-state index contributed by atoms with van der Waals surface area (Å²) in [5.41, 5.74) is 1.09. The van der Waals surface area contributed by atoms with Gasteiger partial charge in [-0.2, -0.15) is 4.98 Å². The van der Waals surface area contributed by atoms with Crippen molar-refractivity contribution in [2.75, 3.05) is 25.1 Å². The number of hydrogen-bond acceptors (Lipinski definition) is 6. The van der Waals surface area contributed by atoms with Crippen molar-refractivity contribution in [3.8, 4) is 23.9 Å². The Bertz CT molecular complexity index is 734. The fourth-order valence-corrected chi connectivity index (χ4v) is 2.18. The number of carbonyl (C=O) groups excluding carboxylic acids is 1. The van der Waals surface area contributed by atoms with Crippen LogP contribution >= 0.6 is 0 Å². The zero-order valence-corrected chi connectivity index (χ0v) is 12.5. The fraction of sp³-hybridized carbons (Fsp3) is 0.333. The van der Waals surface area contributed by atoms with Crippen molar-refractivity contribution in [2.24, 2.45) is 0 Å². The van der Waals surface area contributed by atoms with E-state index >= 15 is 0 Å². The highest BCUT2D eigenvalue weighted by atomic mass is 16.5. The maximum absolute atomic E-state index is 12.3. The Morgan fingerprint density at radius 3 is 3.04 bits per heavy atom. The molecular weight excluding hydrogens is 298 g/mol. The first-order valence-electron chi connectivity index (χ1n) is 7.05. The summed E-state index contributed by atoms with van der Waals surface area (Å²) < 4.78 is 10.3. The molecule has 0 saturated carbocycles.